The number of amides is 3. The molecule has 5 rings (SSSR count). The minimum Gasteiger partial charge on any atom is -0.449 e. The van der Waals surface area contributed by atoms with Crippen LogP contribution in [-0.4, -0.2) is 31.1 Å². The van der Waals surface area contributed by atoms with Gasteiger partial charge in [-0.15, -0.1) is 0 Å². The summed E-state index contributed by atoms with van der Waals surface area (Å²) >= 11 is 0. The molecular weight excluding hydrogens is 440 g/mol. The molecule has 3 aromatic carbocycles. The average Bonchev–Trinajstić information content (AvgIpc) is 3.39. The lowest BCUT2D eigenvalue weighted by atomic mass is 9.98. The second-order valence-corrected chi connectivity index (χ2v) is 8.38. The molecule has 0 unspecified atom stereocenters. The summed E-state index contributed by atoms with van der Waals surface area (Å²) in [5, 5.41) is 2.80. The zero-order valence-corrected chi connectivity index (χ0v) is 19.0. The number of rotatable bonds is 7. The molecule has 0 saturated heterocycles. The first-order valence-corrected chi connectivity index (χ1v) is 11.5. The number of nitrogens with zero attached hydrogens (tertiary/aromatic N) is 1. The highest BCUT2D eigenvalue weighted by Crippen LogP contribution is 2.44. The number of fused-ring (bicyclic) bond motifs is 3. The fraction of sp³-hybridized carbons (Fsp3) is 0.138. The van der Waals surface area contributed by atoms with Crippen molar-refractivity contribution >= 4 is 29.7 Å². The fourth-order valence-electron chi connectivity index (χ4n) is 4.52. The molecule has 2 aliphatic rings. The van der Waals surface area contributed by atoms with E-state index in [-0.39, 0.29) is 17.7 Å². The first-order chi connectivity index (χ1) is 17.1. The van der Waals surface area contributed by atoms with Gasteiger partial charge < -0.3 is 10.1 Å². The number of anilines is 1. The lowest BCUT2D eigenvalue weighted by Gasteiger charge is -2.14. The number of carbonyl (C=O) groups is 3. The van der Waals surface area contributed by atoms with E-state index in [0.29, 0.717) is 25.3 Å². The van der Waals surface area contributed by atoms with Gasteiger partial charge in [0.05, 0.1) is 5.69 Å². The number of alkyl carbamates (subject to hydrolysis) is 1. The molecule has 1 aliphatic heterocycles. The van der Waals surface area contributed by atoms with Gasteiger partial charge in [-0.1, -0.05) is 72.8 Å². The van der Waals surface area contributed by atoms with Crippen molar-refractivity contribution in [2.75, 3.05) is 18.1 Å². The Morgan fingerprint density at radius 2 is 1.46 bits per heavy atom. The van der Waals surface area contributed by atoms with Gasteiger partial charge in [-0.3, -0.25) is 9.59 Å². The summed E-state index contributed by atoms with van der Waals surface area (Å²) < 4.78 is 5.54. The van der Waals surface area contributed by atoms with E-state index in [1.54, 1.807) is 12.1 Å². The monoisotopic (exact) mass is 464 g/mol. The SMILES string of the molecule is O=C(NCCC=Cc1ccc(N2C(=O)C=CC2=O)cc1)OCC1c2ccccc2-c2ccccc21. The molecule has 1 heterocycles. The molecule has 0 saturated carbocycles. The molecule has 174 valence electrons. The van der Waals surface area contributed by atoms with Gasteiger partial charge in [-0.2, -0.15) is 0 Å². The van der Waals surface area contributed by atoms with Crippen LogP contribution in [-0.2, 0) is 14.3 Å². The highest BCUT2D eigenvalue weighted by atomic mass is 16.5. The fourth-order valence-corrected chi connectivity index (χ4v) is 4.52. The molecule has 3 amide bonds. The zero-order chi connectivity index (χ0) is 24.2. The van der Waals surface area contributed by atoms with Gasteiger partial charge in [0, 0.05) is 24.6 Å². The normalized spacial score (nSPS) is 14.5. The molecule has 3 aromatic rings. The van der Waals surface area contributed by atoms with Crippen molar-refractivity contribution in [1.29, 1.82) is 0 Å². The first kappa shape index (κ1) is 22.3. The van der Waals surface area contributed by atoms with E-state index < -0.39 is 6.09 Å². The Kier molecular flexibility index (Phi) is 6.26. The van der Waals surface area contributed by atoms with Crippen molar-refractivity contribution in [2.24, 2.45) is 0 Å². The van der Waals surface area contributed by atoms with E-state index in [4.69, 9.17) is 4.74 Å². The molecule has 6 nitrogen and oxygen atoms in total. The van der Waals surface area contributed by atoms with Crippen molar-refractivity contribution in [2.45, 2.75) is 12.3 Å². The molecule has 0 bridgehead atoms. The summed E-state index contributed by atoms with van der Waals surface area (Å²) in [6.07, 6.45) is 6.61. The van der Waals surface area contributed by atoms with Crippen LogP contribution >= 0.6 is 0 Å². The van der Waals surface area contributed by atoms with Crippen molar-refractivity contribution in [3.05, 3.63) is 108 Å². The Morgan fingerprint density at radius 1 is 0.857 bits per heavy atom. The number of carbonyl (C=O) groups excluding carboxylic acids is 3. The number of benzene rings is 3. The summed E-state index contributed by atoms with van der Waals surface area (Å²) in [6.45, 7) is 0.743. The molecule has 1 aliphatic carbocycles. The van der Waals surface area contributed by atoms with E-state index >= 15 is 0 Å². The lowest BCUT2D eigenvalue weighted by molar-refractivity contribution is -0.119. The van der Waals surface area contributed by atoms with Gasteiger partial charge in [0.15, 0.2) is 0 Å². The molecule has 35 heavy (non-hydrogen) atoms. The summed E-state index contributed by atoms with van der Waals surface area (Å²) in [6, 6.07) is 23.6. The van der Waals surface area contributed by atoms with Crippen molar-refractivity contribution in [3.63, 3.8) is 0 Å². The number of hydrogen-bond donors (Lipinski definition) is 1. The van der Waals surface area contributed by atoms with Crippen LogP contribution in [0.15, 0.2) is 91.0 Å². The Labute approximate surface area is 203 Å². The smallest absolute Gasteiger partial charge is 0.407 e. The van der Waals surface area contributed by atoms with Crippen molar-refractivity contribution in [1.82, 2.24) is 5.32 Å². The quantitative estimate of drug-likeness (QED) is 0.392. The summed E-state index contributed by atoms with van der Waals surface area (Å²) in [4.78, 5) is 36.9. The molecule has 6 heteroatoms. The number of ether oxygens (including phenoxy) is 1. The third-order valence-corrected chi connectivity index (χ3v) is 6.19. The Hall–Kier alpha value is -4.45. The maximum atomic E-state index is 12.3. The van der Waals surface area contributed by atoms with Crippen LogP contribution < -0.4 is 10.2 Å². The van der Waals surface area contributed by atoms with Gasteiger partial charge >= 0.3 is 6.09 Å². The van der Waals surface area contributed by atoms with Crippen LogP contribution in [0.1, 0.15) is 29.0 Å². The highest BCUT2D eigenvalue weighted by molar-refractivity contribution is 6.28. The van der Waals surface area contributed by atoms with Gasteiger partial charge in [-0.05, 0) is 46.4 Å². The van der Waals surface area contributed by atoms with Crippen LogP contribution in [0.25, 0.3) is 17.2 Å². The van der Waals surface area contributed by atoms with E-state index in [2.05, 4.69) is 29.6 Å². The number of hydrogen-bond acceptors (Lipinski definition) is 4. The summed E-state index contributed by atoms with van der Waals surface area (Å²) in [5.41, 5.74) is 6.24. The first-order valence-electron chi connectivity index (χ1n) is 11.5. The number of nitrogens with one attached hydrogen (secondary N) is 1. The molecule has 0 aromatic heterocycles. The highest BCUT2D eigenvalue weighted by Gasteiger charge is 2.29. The van der Waals surface area contributed by atoms with Crippen LogP contribution in [0.4, 0.5) is 10.5 Å². The maximum Gasteiger partial charge on any atom is 0.407 e. The van der Waals surface area contributed by atoms with Crippen LogP contribution in [0.5, 0.6) is 0 Å². The summed E-state index contributed by atoms with van der Waals surface area (Å²) in [5.74, 6) is -0.631. The largest absolute Gasteiger partial charge is 0.449 e. The predicted molar refractivity (Wildman–Crippen MR) is 135 cm³/mol. The molecule has 1 N–H and O–H groups in total. The average molecular weight is 465 g/mol. The molecule has 0 spiro atoms. The third-order valence-electron chi connectivity index (χ3n) is 6.19. The molecule has 0 fully saturated rings. The van der Waals surface area contributed by atoms with Crippen molar-refractivity contribution < 1.29 is 19.1 Å². The van der Waals surface area contributed by atoms with Gasteiger partial charge in [0.2, 0.25) is 0 Å². The Morgan fingerprint density at radius 3 is 2.09 bits per heavy atom. The van der Waals surface area contributed by atoms with Gasteiger partial charge in [0.25, 0.3) is 11.8 Å². The van der Waals surface area contributed by atoms with E-state index in [9.17, 15) is 14.4 Å². The van der Waals surface area contributed by atoms with Crippen LogP contribution in [0, 0.1) is 0 Å². The standard InChI is InChI=1S/C29H24N2O4/c32-27-16-17-28(33)31(27)21-14-12-20(13-15-21)7-5-6-18-30-29(34)35-19-26-24-10-3-1-8-22(24)23-9-2-4-11-25(23)26/h1-5,7-17,26H,6,18-19H2,(H,30,34). The molecule has 0 radical (unpaired) electrons. The second-order valence-electron chi connectivity index (χ2n) is 8.38. The van der Waals surface area contributed by atoms with E-state index in [0.717, 1.165) is 10.5 Å². The second kappa shape index (κ2) is 9.81. The maximum absolute atomic E-state index is 12.3. The lowest BCUT2D eigenvalue weighted by Crippen LogP contribution is -2.29. The minimum atomic E-state index is -0.432. The van der Waals surface area contributed by atoms with Crippen LogP contribution in [0.2, 0.25) is 0 Å². The number of imide groups is 1. The van der Waals surface area contributed by atoms with Crippen LogP contribution in [0.3, 0.4) is 0 Å². The Balaban J connectivity index is 1.08. The zero-order valence-electron chi connectivity index (χ0n) is 19.0. The third kappa shape index (κ3) is 4.64. The van der Waals surface area contributed by atoms with Gasteiger partial charge in [-0.25, -0.2) is 9.69 Å². The topological polar surface area (TPSA) is 75.7 Å². The van der Waals surface area contributed by atoms with Crippen molar-refractivity contribution in [3.8, 4) is 11.1 Å². The van der Waals surface area contributed by atoms with Gasteiger partial charge in [0.1, 0.15) is 6.61 Å². The van der Waals surface area contributed by atoms with E-state index in [1.807, 2.05) is 48.6 Å². The molecule has 0 atom stereocenters. The minimum absolute atomic E-state index is 0.0398. The van der Waals surface area contributed by atoms with E-state index in [1.165, 1.54) is 34.4 Å². The predicted octanol–water partition coefficient (Wildman–Crippen LogP) is 5.06. The molecular formula is C29H24N2O4. The Bertz CT molecular complexity index is 1280. The summed E-state index contributed by atoms with van der Waals surface area (Å²) in [7, 11) is 0.